The van der Waals surface area contributed by atoms with Crippen molar-refractivity contribution < 1.29 is 19.1 Å². The molecule has 190 valence electrons. The Kier molecular flexibility index (Phi) is 9.25. The highest BCUT2D eigenvalue weighted by atomic mass is 32.1. The number of thiophene rings is 1. The predicted molar refractivity (Wildman–Crippen MR) is 142 cm³/mol. The van der Waals surface area contributed by atoms with Gasteiger partial charge >= 0.3 is 0 Å². The molecule has 8 heteroatoms. The number of hydrogen-bond donors (Lipinski definition) is 2. The zero-order valence-electron chi connectivity index (χ0n) is 21.1. The van der Waals surface area contributed by atoms with E-state index in [1.165, 1.54) is 16.2 Å². The number of hydrogen-bond acceptors (Lipinski definition) is 5. The van der Waals surface area contributed by atoms with Crippen molar-refractivity contribution in [1.82, 2.24) is 15.5 Å². The topological polar surface area (TPSA) is 87.7 Å². The first-order valence-corrected chi connectivity index (χ1v) is 12.7. The fraction of sp³-hybridized carbons (Fsp3) is 0.321. The summed E-state index contributed by atoms with van der Waals surface area (Å²) in [5.74, 6) is -0.421. The minimum absolute atomic E-state index is 0.191. The van der Waals surface area contributed by atoms with Gasteiger partial charge < -0.3 is 20.3 Å². The molecule has 0 aliphatic carbocycles. The molecule has 3 rings (SSSR count). The first-order valence-electron chi connectivity index (χ1n) is 11.8. The van der Waals surface area contributed by atoms with Crippen molar-refractivity contribution in [3.05, 3.63) is 88.1 Å². The minimum Gasteiger partial charge on any atom is -0.497 e. The third-order valence-electron chi connectivity index (χ3n) is 5.98. The number of amides is 3. The monoisotopic (exact) mass is 507 g/mol. The van der Waals surface area contributed by atoms with E-state index in [0.29, 0.717) is 22.6 Å². The molecule has 0 unspecified atom stereocenters. The molecule has 2 aromatic carbocycles. The average molecular weight is 508 g/mol. The Balaban J connectivity index is 1.98. The van der Waals surface area contributed by atoms with E-state index in [2.05, 4.69) is 10.6 Å². The van der Waals surface area contributed by atoms with Gasteiger partial charge in [-0.25, -0.2) is 0 Å². The normalized spacial score (nSPS) is 11.9. The van der Waals surface area contributed by atoms with Crippen molar-refractivity contribution in [2.24, 2.45) is 0 Å². The maximum absolute atomic E-state index is 13.7. The molecule has 3 aromatic rings. The van der Waals surface area contributed by atoms with Crippen LogP contribution in [0.1, 0.15) is 54.0 Å². The van der Waals surface area contributed by atoms with E-state index < -0.39 is 11.6 Å². The SMILES string of the molecule is CCC(C)(C)NC(=O)[C@H](c1cccc(OC)c1)N(Cc1ccccc1)C(=O)CNC(=O)c1cccs1. The molecule has 7 nitrogen and oxygen atoms in total. The highest BCUT2D eigenvalue weighted by Gasteiger charge is 2.34. The average Bonchev–Trinajstić information content (AvgIpc) is 3.42. The van der Waals surface area contributed by atoms with Gasteiger partial charge in [0.1, 0.15) is 11.8 Å². The van der Waals surface area contributed by atoms with Crippen molar-refractivity contribution >= 4 is 29.1 Å². The van der Waals surface area contributed by atoms with Crippen LogP contribution in [-0.4, -0.2) is 41.8 Å². The number of methoxy groups -OCH3 is 1. The summed E-state index contributed by atoms with van der Waals surface area (Å²) in [7, 11) is 1.56. The standard InChI is InChI=1S/C28H33N3O4S/c1-5-28(2,3)30-27(34)25(21-13-9-14-22(17-21)35-4)31(19-20-11-7-6-8-12-20)24(32)18-29-26(33)23-15-10-16-36-23/h6-17,25H,5,18-19H2,1-4H3,(H,29,33)(H,30,34)/t25-/m0/s1. The van der Waals surface area contributed by atoms with E-state index in [4.69, 9.17) is 4.74 Å². The lowest BCUT2D eigenvalue weighted by atomic mass is 9.98. The van der Waals surface area contributed by atoms with Gasteiger partial charge in [-0.3, -0.25) is 14.4 Å². The number of rotatable bonds is 11. The lowest BCUT2D eigenvalue weighted by molar-refractivity contribution is -0.141. The van der Waals surface area contributed by atoms with Crippen LogP contribution in [0.2, 0.25) is 0 Å². The highest BCUT2D eigenvalue weighted by molar-refractivity contribution is 7.12. The van der Waals surface area contributed by atoms with Crippen molar-refractivity contribution in [1.29, 1.82) is 0 Å². The highest BCUT2D eigenvalue weighted by Crippen LogP contribution is 2.28. The Morgan fingerprint density at radius 1 is 1.03 bits per heavy atom. The molecule has 0 fully saturated rings. The van der Waals surface area contributed by atoms with Crippen LogP contribution in [0.4, 0.5) is 0 Å². The number of nitrogens with one attached hydrogen (secondary N) is 2. The molecule has 1 aromatic heterocycles. The molecule has 1 heterocycles. The second-order valence-corrected chi connectivity index (χ2v) is 10.0. The molecule has 36 heavy (non-hydrogen) atoms. The maximum Gasteiger partial charge on any atom is 0.261 e. The Labute approximate surface area is 216 Å². The van der Waals surface area contributed by atoms with Crippen LogP contribution in [0.5, 0.6) is 5.75 Å². The molecule has 1 atom stereocenters. The van der Waals surface area contributed by atoms with Gasteiger partial charge in [0.25, 0.3) is 5.91 Å². The molecule has 0 spiro atoms. The van der Waals surface area contributed by atoms with Crippen LogP contribution in [0.15, 0.2) is 72.1 Å². The lowest BCUT2D eigenvalue weighted by Gasteiger charge is -2.35. The molecule has 0 bridgehead atoms. The van der Waals surface area contributed by atoms with Crippen LogP contribution in [0.25, 0.3) is 0 Å². The number of nitrogens with zero attached hydrogens (tertiary/aromatic N) is 1. The van der Waals surface area contributed by atoms with E-state index in [1.807, 2.05) is 51.1 Å². The summed E-state index contributed by atoms with van der Waals surface area (Å²) < 4.78 is 5.39. The second-order valence-electron chi connectivity index (χ2n) is 9.07. The molecule has 0 aliphatic heterocycles. The van der Waals surface area contributed by atoms with Crippen LogP contribution >= 0.6 is 11.3 Å². The van der Waals surface area contributed by atoms with E-state index in [-0.39, 0.29) is 30.8 Å². The first-order chi connectivity index (χ1) is 17.2. The van der Waals surface area contributed by atoms with Crippen molar-refractivity contribution in [2.45, 2.75) is 45.3 Å². The fourth-order valence-electron chi connectivity index (χ4n) is 3.63. The third kappa shape index (κ3) is 7.18. The van der Waals surface area contributed by atoms with Gasteiger partial charge in [0, 0.05) is 12.1 Å². The second kappa shape index (κ2) is 12.4. The minimum atomic E-state index is -0.933. The van der Waals surface area contributed by atoms with Crippen molar-refractivity contribution in [3.63, 3.8) is 0 Å². The van der Waals surface area contributed by atoms with Gasteiger partial charge in [-0.05, 0) is 55.0 Å². The van der Waals surface area contributed by atoms with Crippen LogP contribution in [0, 0.1) is 0 Å². The lowest BCUT2D eigenvalue weighted by Crippen LogP contribution is -2.51. The van der Waals surface area contributed by atoms with E-state index in [0.717, 1.165) is 5.56 Å². The summed E-state index contributed by atoms with van der Waals surface area (Å²) in [6, 6.07) is 19.2. The maximum atomic E-state index is 13.7. The third-order valence-corrected chi connectivity index (χ3v) is 6.84. The Hall–Kier alpha value is -3.65. The summed E-state index contributed by atoms with van der Waals surface area (Å²) >= 11 is 1.30. The molecule has 0 radical (unpaired) electrons. The zero-order chi connectivity index (χ0) is 26.1. The zero-order valence-corrected chi connectivity index (χ0v) is 21.9. The largest absolute Gasteiger partial charge is 0.497 e. The van der Waals surface area contributed by atoms with Crippen LogP contribution < -0.4 is 15.4 Å². The Morgan fingerprint density at radius 2 is 1.78 bits per heavy atom. The van der Waals surface area contributed by atoms with Crippen molar-refractivity contribution in [2.75, 3.05) is 13.7 Å². The molecule has 3 amide bonds. The van der Waals surface area contributed by atoms with Crippen molar-refractivity contribution in [3.8, 4) is 5.75 Å². The summed E-state index contributed by atoms with van der Waals surface area (Å²) in [5.41, 5.74) is 1.02. The number of benzene rings is 2. The first kappa shape index (κ1) is 26.9. The summed E-state index contributed by atoms with van der Waals surface area (Å²) in [6.45, 7) is 5.83. The summed E-state index contributed by atoms with van der Waals surface area (Å²) in [4.78, 5) is 41.9. The van der Waals surface area contributed by atoms with Gasteiger partial charge in [0.2, 0.25) is 11.8 Å². The van der Waals surface area contributed by atoms with Crippen LogP contribution in [0.3, 0.4) is 0 Å². The quantitative estimate of drug-likeness (QED) is 0.398. The van der Waals surface area contributed by atoms with E-state index in [1.54, 1.807) is 48.9 Å². The summed E-state index contributed by atoms with van der Waals surface area (Å²) in [6.07, 6.45) is 0.715. The molecular weight excluding hydrogens is 474 g/mol. The molecular formula is C28H33N3O4S. The molecule has 0 saturated heterocycles. The van der Waals surface area contributed by atoms with Gasteiger partial charge in [0.15, 0.2) is 0 Å². The number of ether oxygens (including phenoxy) is 1. The number of carbonyl (C=O) groups is 3. The van der Waals surface area contributed by atoms with Crippen LogP contribution in [-0.2, 0) is 16.1 Å². The molecule has 0 aliphatic rings. The fourth-order valence-corrected chi connectivity index (χ4v) is 4.27. The molecule has 2 N–H and O–H groups in total. The molecule has 0 saturated carbocycles. The van der Waals surface area contributed by atoms with Gasteiger partial charge in [0.05, 0.1) is 18.5 Å². The number of carbonyl (C=O) groups excluding carboxylic acids is 3. The van der Waals surface area contributed by atoms with E-state index in [9.17, 15) is 14.4 Å². The van der Waals surface area contributed by atoms with E-state index >= 15 is 0 Å². The van der Waals surface area contributed by atoms with Gasteiger partial charge in [-0.1, -0.05) is 55.5 Å². The summed E-state index contributed by atoms with van der Waals surface area (Å²) in [5, 5.41) is 7.60. The predicted octanol–water partition coefficient (Wildman–Crippen LogP) is 4.56. The van der Waals surface area contributed by atoms with Gasteiger partial charge in [-0.2, -0.15) is 0 Å². The Morgan fingerprint density at radius 3 is 2.42 bits per heavy atom. The van der Waals surface area contributed by atoms with Gasteiger partial charge in [-0.15, -0.1) is 11.3 Å². The smallest absolute Gasteiger partial charge is 0.261 e. The Bertz CT molecular complexity index is 1160.